The van der Waals surface area contributed by atoms with Crippen molar-refractivity contribution in [3.63, 3.8) is 0 Å². The Kier molecular flexibility index (Phi) is 1.85. The molecule has 2 bridgehead atoms. The monoisotopic (exact) mass is 178 g/mol. The van der Waals surface area contributed by atoms with Gasteiger partial charge in [0.05, 0.1) is 6.10 Å². The first-order valence-corrected chi connectivity index (χ1v) is 4.56. The third-order valence-corrected chi connectivity index (χ3v) is 3.32. The molecule has 2 rings (SSSR count). The maximum absolute atomic E-state index is 9.29. The lowest BCUT2D eigenvalue weighted by atomic mass is 10.1. The molecule has 5 atom stereocenters. The van der Waals surface area contributed by atoms with E-state index in [1.165, 1.54) is 11.8 Å². The SMILES string of the molecule is O[C@@H]1[C@@H](O)[C@H]2O[C@@H]1[C@H](O)CS2. The van der Waals surface area contributed by atoms with Gasteiger partial charge in [-0.05, 0) is 0 Å². The highest BCUT2D eigenvalue weighted by Gasteiger charge is 2.49. The Balaban J connectivity index is 2.16. The van der Waals surface area contributed by atoms with Crippen molar-refractivity contribution in [2.24, 2.45) is 0 Å². The van der Waals surface area contributed by atoms with Crippen LogP contribution in [0.4, 0.5) is 0 Å². The van der Waals surface area contributed by atoms with E-state index in [1.807, 2.05) is 0 Å². The van der Waals surface area contributed by atoms with E-state index in [0.717, 1.165) is 0 Å². The molecule has 0 amide bonds. The van der Waals surface area contributed by atoms with E-state index in [9.17, 15) is 15.3 Å². The normalized spacial score (nSPS) is 56.5. The predicted octanol–water partition coefficient (Wildman–Crippen LogP) is -1.46. The molecule has 0 unspecified atom stereocenters. The summed E-state index contributed by atoms with van der Waals surface area (Å²) >= 11 is 1.34. The molecule has 11 heavy (non-hydrogen) atoms. The summed E-state index contributed by atoms with van der Waals surface area (Å²) in [6.07, 6.45) is -3.01. The summed E-state index contributed by atoms with van der Waals surface area (Å²) < 4.78 is 5.15. The summed E-state index contributed by atoms with van der Waals surface area (Å²) in [7, 11) is 0. The molecule has 0 radical (unpaired) electrons. The number of aliphatic hydroxyl groups excluding tert-OH is 3. The van der Waals surface area contributed by atoms with E-state index in [2.05, 4.69) is 0 Å². The zero-order chi connectivity index (χ0) is 8.01. The first-order valence-electron chi connectivity index (χ1n) is 3.51. The molecule has 4 nitrogen and oxygen atoms in total. The van der Waals surface area contributed by atoms with Crippen molar-refractivity contribution in [1.82, 2.24) is 0 Å². The third kappa shape index (κ3) is 1.08. The van der Waals surface area contributed by atoms with E-state index in [0.29, 0.717) is 5.75 Å². The van der Waals surface area contributed by atoms with Crippen LogP contribution in [-0.4, -0.2) is 50.9 Å². The van der Waals surface area contributed by atoms with Crippen LogP contribution in [0.1, 0.15) is 0 Å². The summed E-state index contributed by atoms with van der Waals surface area (Å²) in [5.74, 6) is 0.531. The molecule has 2 aliphatic rings. The van der Waals surface area contributed by atoms with Gasteiger partial charge in [0.25, 0.3) is 0 Å². The second-order valence-corrected chi connectivity index (χ2v) is 3.98. The van der Waals surface area contributed by atoms with Crippen LogP contribution in [0.5, 0.6) is 0 Å². The molecule has 2 heterocycles. The van der Waals surface area contributed by atoms with E-state index >= 15 is 0 Å². The minimum absolute atomic E-state index is 0.349. The largest absolute Gasteiger partial charge is 0.389 e. The average molecular weight is 178 g/mol. The van der Waals surface area contributed by atoms with Gasteiger partial charge in [-0.25, -0.2) is 0 Å². The molecule has 64 valence electrons. The summed E-state index contributed by atoms with van der Waals surface area (Å²) in [5, 5.41) is 27.8. The summed E-state index contributed by atoms with van der Waals surface area (Å²) in [4.78, 5) is 0. The Bertz CT molecular complexity index is 165. The van der Waals surface area contributed by atoms with Gasteiger partial charge in [-0.15, -0.1) is 11.8 Å². The average Bonchev–Trinajstić information content (AvgIpc) is 2.24. The molecule has 2 fully saturated rings. The molecule has 0 aromatic rings. The van der Waals surface area contributed by atoms with Gasteiger partial charge >= 0.3 is 0 Å². The Labute approximate surface area is 68.2 Å². The quantitative estimate of drug-likeness (QED) is 0.423. The van der Waals surface area contributed by atoms with Crippen LogP contribution < -0.4 is 0 Å². The van der Waals surface area contributed by atoms with Gasteiger partial charge in [-0.2, -0.15) is 0 Å². The number of hydrogen-bond acceptors (Lipinski definition) is 5. The van der Waals surface area contributed by atoms with Crippen LogP contribution in [0.15, 0.2) is 0 Å². The molecule has 2 aliphatic heterocycles. The van der Waals surface area contributed by atoms with Crippen molar-refractivity contribution < 1.29 is 20.1 Å². The molecule has 0 aliphatic carbocycles. The zero-order valence-electron chi connectivity index (χ0n) is 5.75. The number of ether oxygens (including phenoxy) is 1. The van der Waals surface area contributed by atoms with E-state index in [-0.39, 0.29) is 5.44 Å². The molecular formula is C6H10O4S. The van der Waals surface area contributed by atoms with Crippen molar-refractivity contribution in [3.05, 3.63) is 0 Å². The zero-order valence-corrected chi connectivity index (χ0v) is 6.57. The lowest BCUT2D eigenvalue weighted by Gasteiger charge is -2.24. The van der Waals surface area contributed by atoms with Gasteiger partial charge in [-0.1, -0.05) is 0 Å². The second-order valence-electron chi connectivity index (χ2n) is 2.85. The van der Waals surface area contributed by atoms with Crippen LogP contribution in [0.25, 0.3) is 0 Å². The highest BCUT2D eigenvalue weighted by Crippen LogP contribution is 2.36. The number of fused-ring (bicyclic) bond motifs is 2. The Morgan fingerprint density at radius 3 is 2.55 bits per heavy atom. The lowest BCUT2D eigenvalue weighted by molar-refractivity contribution is -0.0493. The summed E-state index contributed by atoms with van der Waals surface area (Å²) in [5.41, 5.74) is -0.349. The molecule has 5 heteroatoms. The van der Waals surface area contributed by atoms with Crippen molar-refractivity contribution >= 4 is 11.8 Å². The maximum atomic E-state index is 9.29. The fourth-order valence-corrected chi connectivity index (χ4v) is 2.56. The van der Waals surface area contributed by atoms with Gasteiger partial charge in [0, 0.05) is 5.75 Å². The second kappa shape index (κ2) is 2.60. The van der Waals surface area contributed by atoms with Gasteiger partial charge < -0.3 is 20.1 Å². The van der Waals surface area contributed by atoms with Crippen LogP contribution in [0, 0.1) is 0 Å². The number of rotatable bonds is 0. The van der Waals surface area contributed by atoms with Crippen molar-refractivity contribution in [3.8, 4) is 0 Å². The smallest absolute Gasteiger partial charge is 0.132 e. The Hall–Kier alpha value is 0.190. The van der Waals surface area contributed by atoms with Gasteiger partial charge in [0.2, 0.25) is 0 Å². The summed E-state index contributed by atoms with van der Waals surface area (Å²) in [6, 6.07) is 0. The van der Waals surface area contributed by atoms with E-state index < -0.39 is 24.4 Å². The highest BCUT2D eigenvalue weighted by atomic mass is 32.2. The van der Waals surface area contributed by atoms with Crippen molar-refractivity contribution in [2.75, 3.05) is 5.75 Å². The third-order valence-electron chi connectivity index (χ3n) is 2.07. The van der Waals surface area contributed by atoms with Crippen molar-refractivity contribution in [1.29, 1.82) is 0 Å². The molecule has 0 spiro atoms. The maximum Gasteiger partial charge on any atom is 0.132 e. The van der Waals surface area contributed by atoms with Crippen molar-refractivity contribution in [2.45, 2.75) is 29.9 Å². The lowest BCUT2D eigenvalue weighted by Crippen LogP contribution is -2.39. The van der Waals surface area contributed by atoms with E-state index in [4.69, 9.17) is 4.74 Å². The number of aliphatic hydroxyl groups is 3. The van der Waals surface area contributed by atoms with Crippen LogP contribution >= 0.6 is 11.8 Å². The summed E-state index contributed by atoms with van der Waals surface area (Å²) in [6.45, 7) is 0. The highest BCUT2D eigenvalue weighted by molar-refractivity contribution is 7.99. The molecule has 2 saturated heterocycles. The molecule has 0 aromatic heterocycles. The Morgan fingerprint density at radius 1 is 1.18 bits per heavy atom. The molecule has 0 saturated carbocycles. The number of thioether (sulfide) groups is 1. The predicted molar refractivity (Wildman–Crippen MR) is 39.1 cm³/mol. The molecule has 3 N–H and O–H groups in total. The first kappa shape index (κ1) is 7.82. The van der Waals surface area contributed by atoms with Gasteiger partial charge in [0.1, 0.15) is 23.7 Å². The van der Waals surface area contributed by atoms with E-state index in [1.54, 1.807) is 0 Å². The minimum Gasteiger partial charge on any atom is -0.389 e. The fraction of sp³-hybridized carbons (Fsp3) is 1.00. The van der Waals surface area contributed by atoms with Crippen LogP contribution in [0.3, 0.4) is 0 Å². The molecular weight excluding hydrogens is 168 g/mol. The van der Waals surface area contributed by atoms with Gasteiger partial charge in [0.15, 0.2) is 0 Å². The van der Waals surface area contributed by atoms with Gasteiger partial charge in [-0.3, -0.25) is 0 Å². The minimum atomic E-state index is -0.926. The number of hydrogen-bond donors (Lipinski definition) is 3. The fourth-order valence-electron chi connectivity index (χ4n) is 1.42. The van der Waals surface area contributed by atoms with Crippen LogP contribution in [-0.2, 0) is 4.74 Å². The molecule has 0 aromatic carbocycles. The standard InChI is InChI=1S/C6H10O4S/c7-2-1-11-6-4(9)3(8)5(2)10-6/h2-9H,1H2/t2-,3-,4-,5-,6+/m1/s1. The topological polar surface area (TPSA) is 69.9 Å². The Morgan fingerprint density at radius 2 is 1.91 bits per heavy atom. The van der Waals surface area contributed by atoms with Crippen LogP contribution in [0.2, 0.25) is 0 Å². The first-order chi connectivity index (χ1) is 5.20.